The van der Waals surface area contributed by atoms with Crippen LogP contribution in [0, 0.1) is 5.92 Å². The molecule has 3 rings (SSSR count). The topological polar surface area (TPSA) is 46.8 Å². The van der Waals surface area contributed by atoms with Crippen molar-refractivity contribution in [2.45, 2.75) is 19.3 Å². The van der Waals surface area contributed by atoms with Gasteiger partial charge in [-0.05, 0) is 30.9 Å². The summed E-state index contributed by atoms with van der Waals surface area (Å²) in [4.78, 5) is 4.40. The van der Waals surface area contributed by atoms with Crippen molar-refractivity contribution in [1.29, 1.82) is 0 Å². The summed E-state index contributed by atoms with van der Waals surface area (Å²) in [7, 11) is 0. The lowest BCUT2D eigenvalue weighted by Crippen LogP contribution is -2.20. The van der Waals surface area contributed by atoms with Crippen LogP contribution in [0.25, 0.3) is 5.52 Å². The number of fused-ring (bicyclic) bond motifs is 1. The molecular weight excluding hydrogens is 216 g/mol. The Hall–Kier alpha value is -1.55. The number of ether oxygens (including phenoxy) is 1. The van der Waals surface area contributed by atoms with Gasteiger partial charge in [0.05, 0.1) is 6.20 Å². The maximum absolute atomic E-state index is 9.70. The standard InChI is InChI=1S/C13H16N2O2/c16-12-4-1-5-15-11(12)8-14-13(15)7-10-3-2-6-17-9-10/h1,4-5,8,10,16H,2-3,6-7,9H2. The minimum Gasteiger partial charge on any atom is -0.506 e. The number of nitrogens with zero attached hydrogens (tertiary/aromatic N) is 2. The lowest BCUT2D eigenvalue weighted by atomic mass is 9.98. The number of aromatic hydroxyl groups is 1. The molecule has 0 spiro atoms. The Labute approximate surface area is 99.9 Å². The van der Waals surface area contributed by atoms with Crippen molar-refractivity contribution < 1.29 is 9.84 Å². The first-order chi connectivity index (χ1) is 8.34. The van der Waals surface area contributed by atoms with Crippen LogP contribution in [-0.2, 0) is 11.2 Å². The first-order valence-electron chi connectivity index (χ1n) is 6.06. The fourth-order valence-corrected chi connectivity index (χ4v) is 2.44. The van der Waals surface area contributed by atoms with Crippen molar-refractivity contribution in [3.05, 3.63) is 30.4 Å². The molecule has 1 aliphatic heterocycles. The maximum atomic E-state index is 9.70. The third kappa shape index (κ3) is 2.00. The molecule has 17 heavy (non-hydrogen) atoms. The Morgan fingerprint density at radius 3 is 3.29 bits per heavy atom. The van der Waals surface area contributed by atoms with E-state index in [4.69, 9.17) is 4.74 Å². The number of hydrogen-bond donors (Lipinski definition) is 1. The summed E-state index contributed by atoms with van der Waals surface area (Å²) in [6, 6.07) is 3.52. The normalized spacial score (nSPS) is 20.8. The van der Waals surface area contributed by atoms with Gasteiger partial charge >= 0.3 is 0 Å². The zero-order valence-corrected chi connectivity index (χ0v) is 9.67. The molecule has 1 saturated heterocycles. The van der Waals surface area contributed by atoms with E-state index in [1.54, 1.807) is 12.3 Å². The summed E-state index contributed by atoms with van der Waals surface area (Å²) in [6.45, 7) is 1.72. The molecule has 1 unspecified atom stereocenters. The molecule has 0 aromatic carbocycles. The molecule has 1 aliphatic rings. The monoisotopic (exact) mass is 232 g/mol. The van der Waals surface area contributed by atoms with E-state index in [0.717, 1.165) is 37.4 Å². The van der Waals surface area contributed by atoms with E-state index in [1.807, 2.05) is 16.7 Å². The van der Waals surface area contributed by atoms with Gasteiger partial charge in [0.15, 0.2) is 0 Å². The summed E-state index contributed by atoms with van der Waals surface area (Å²) in [6.07, 6.45) is 6.93. The van der Waals surface area contributed by atoms with Crippen LogP contribution in [0.4, 0.5) is 0 Å². The molecule has 3 heterocycles. The predicted molar refractivity (Wildman–Crippen MR) is 64.1 cm³/mol. The molecular formula is C13H16N2O2. The summed E-state index contributed by atoms with van der Waals surface area (Å²) in [5, 5.41) is 9.70. The highest BCUT2D eigenvalue weighted by atomic mass is 16.5. The van der Waals surface area contributed by atoms with Crippen LogP contribution >= 0.6 is 0 Å². The summed E-state index contributed by atoms with van der Waals surface area (Å²) in [5.74, 6) is 1.84. The quantitative estimate of drug-likeness (QED) is 0.861. The van der Waals surface area contributed by atoms with E-state index in [9.17, 15) is 5.11 Å². The van der Waals surface area contributed by atoms with Gasteiger partial charge in [0, 0.05) is 25.8 Å². The first-order valence-corrected chi connectivity index (χ1v) is 6.06. The van der Waals surface area contributed by atoms with Crippen molar-refractivity contribution in [2.75, 3.05) is 13.2 Å². The molecule has 90 valence electrons. The summed E-state index contributed by atoms with van der Waals surface area (Å²) >= 11 is 0. The Balaban J connectivity index is 1.87. The smallest absolute Gasteiger partial charge is 0.141 e. The minimum absolute atomic E-state index is 0.283. The van der Waals surface area contributed by atoms with Gasteiger partial charge < -0.3 is 14.2 Å². The second-order valence-electron chi connectivity index (χ2n) is 4.61. The Bertz CT molecular complexity index is 515. The van der Waals surface area contributed by atoms with Gasteiger partial charge in [-0.25, -0.2) is 4.98 Å². The largest absolute Gasteiger partial charge is 0.506 e. The van der Waals surface area contributed by atoms with Crippen LogP contribution in [-0.4, -0.2) is 27.7 Å². The molecule has 0 aliphatic carbocycles. The Kier molecular flexibility index (Phi) is 2.73. The zero-order valence-electron chi connectivity index (χ0n) is 9.67. The number of imidazole rings is 1. The van der Waals surface area contributed by atoms with E-state index in [-0.39, 0.29) is 5.75 Å². The molecule has 1 fully saturated rings. The molecule has 0 bridgehead atoms. The fourth-order valence-electron chi connectivity index (χ4n) is 2.44. The summed E-state index contributed by atoms with van der Waals surface area (Å²) in [5.41, 5.74) is 0.777. The molecule has 2 aromatic rings. The van der Waals surface area contributed by atoms with Gasteiger partial charge in [-0.2, -0.15) is 0 Å². The molecule has 2 aromatic heterocycles. The van der Waals surface area contributed by atoms with Gasteiger partial charge in [-0.1, -0.05) is 0 Å². The third-order valence-electron chi connectivity index (χ3n) is 3.35. The van der Waals surface area contributed by atoms with Gasteiger partial charge in [0.2, 0.25) is 0 Å². The molecule has 1 atom stereocenters. The van der Waals surface area contributed by atoms with Crippen molar-refractivity contribution in [1.82, 2.24) is 9.38 Å². The van der Waals surface area contributed by atoms with Crippen LogP contribution in [0.15, 0.2) is 24.5 Å². The van der Waals surface area contributed by atoms with Crippen molar-refractivity contribution in [2.24, 2.45) is 5.92 Å². The second-order valence-corrected chi connectivity index (χ2v) is 4.61. The lowest BCUT2D eigenvalue weighted by Gasteiger charge is -2.21. The second kappa shape index (κ2) is 4.37. The van der Waals surface area contributed by atoms with E-state index in [0.29, 0.717) is 5.92 Å². The number of rotatable bonds is 2. The minimum atomic E-state index is 0.283. The molecule has 0 saturated carbocycles. The maximum Gasteiger partial charge on any atom is 0.141 e. The summed E-state index contributed by atoms with van der Waals surface area (Å²) < 4.78 is 7.44. The predicted octanol–water partition coefficient (Wildman–Crippen LogP) is 2.01. The third-order valence-corrected chi connectivity index (χ3v) is 3.35. The van der Waals surface area contributed by atoms with E-state index in [1.165, 1.54) is 6.42 Å². The van der Waals surface area contributed by atoms with Crippen LogP contribution in [0.2, 0.25) is 0 Å². The molecule has 0 amide bonds. The fraction of sp³-hybridized carbons (Fsp3) is 0.462. The first kappa shape index (κ1) is 10.6. The molecule has 1 N–H and O–H groups in total. The zero-order chi connectivity index (χ0) is 11.7. The van der Waals surface area contributed by atoms with Crippen molar-refractivity contribution >= 4 is 5.52 Å². The molecule has 0 radical (unpaired) electrons. The van der Waals surface area contributed by atoms with Crippen molar-refractivity contribution in [3.63, 3.8) is 0 Å². The lowest BCUT2D eigenvalue weighted by molar-refractivity contribution is 0.0542. The van der Waals surface area contributed by atoms with Gasteiger partial charge in [0.25, 0.3) is 0 Å². The van der Waals surface area contributed by atoms with E-state index < -0.39 is 0 Å². The highest BCUT2D eigenvalue weighted by Crippen LogP contribution is 2.22. The van der Waals surface area contributed by atoms with Crippen LogP contribution in [0.1, 0.15) is 18.7 Å². The van der Waals surface area contributed by atoms with Crippen LogP contribution in [0.5, 0.6) is 5.75 Å². The number of hydrogen-bond acceptors (Lipinski definition) is 3. The average Bonchev–Trinajstić information content (AvgIpc) is 2.76. The molecule has 4 heteroatoms. The van der Waals surface area contributed by atoms with E-state index in [2.05, 4.69) is 4.98 Å². The average molecular weight is 232 g/mol. The van der Waals surface area contributed by atoms with Gasteiger partial charge in [-0.15, -0.1) is 0 Å². The van der Waals surface area contributed by atoms with Gasteiger partial charge in [-0.3, -0.25) is 0 Å². The van der Waals surface area contributed by atoms with Crippen LogP contribution < -0.4 is 0 Å². The Morgan fingerprint density at radius 2 is 2.47 bits per heavy atom. The number of pyridine rings is 1. The number of aromatic nitrogens is 2. The Morgan fingerprint density at radius 1 is 1.53 bits per heavy atom. The van der Waals surface area contributed by atoms with Gasteiger partial charge in [0.1, 0.15) is 17.1 Å². The van der Waals surface area contributed by atoms with Crippen molar-refractivity contribution in [3.8, 4) is 5.75 Å². The van der Waals surface area contributed by atoms with Crippen LogP contribution in [0.3, 0.4) is 0 Å². The SMILES string of the molecule is Oc1cccn2c(CC3CCCOC3)ncc12. The highest BCUT2D eigenvalue weighted by Gasteiger charge is 2.17. The van der Waals surface area contributed by atoms with E-state index >= 15 is 0 Å². The molecule has 4 nitrogen and oxygen atoms in total. The highest BCUT2D eigenvalue weighted by molar-refractivity contribution is 5.58.